The number of carbonyl (C=O) groups is 3. The van der Waals surface area contributed by atoms with Gasteiger partial charge in [-0.05, 0) is 37.3 Å². The first-order chi connectivity index (χ1) is 15.6. The molecule has 11 heteroatoms. The maximum Gasteiger partial charge on any atom is 0.255 e. The summed E-state index contributed by atoms with van der Waals surface area (Å²) < 4.78 is 40.3. The highest BCUT2D eigenvalue weighted by molar-refractivity contribution is 7.89. The first-order valence-electron chi connectivity index (χ1n) is 10.2. The zero-order valence-corrected chi connectivity index (χ0v) is 19.5. The molecule has 1 heterocycles. The molecule has 1 saturated heterocycles. The Kier molecular flexibility index (Phi) is 7.83. The molecule has 0 atom stereocenters. The monoisotopic (exact) mass is 495 g/mol. The summed E-state index contributed by atoms with van der Waals surface area (Å²) in [7, 11) is -3.81. The molecular weight excluding hydrogens is 473 g/mol. The van der Waals surface area contributed by atoms with Crippen molar-refractivity contribution in [1.29, 1.82) is 0 Å². The van der Waals surface area contributed by atoms with Crippen LogP contribution in [0.15, 0.2) is 47.4 Å². The summed E-state index contributed by atoms with van der Waals surface area (Å²) in [6, 6.07) is 9.11. The van der Waals surface area contributed by atoms with Crippen molar-refractivity contribution in [2.24, 2.45) is 0 Å². The number of ketones is 1. The number of hydrogen-bond donors (Lipinski definition) is 1. The van der Waals surface area contributed by atoms with Gasteiger partial charge in [0.1, 0.15) is 5.82 Å². The molecule has 1 N–H and O–H groups in total. The fourth-order valence-electron chi connectivity index (χ4n) is 3.39. The summed E-state index contributed by atoms with van der Waals surface area (Å²) in [5.74, 6) is -1.28. The summed E-state index contributed by atoms with van der Waals surface area (Å²) in [6.45, 7) is 2.46. The fourth-order valence-corrected chi connectivity index (χ4v) is 4.67. The number of amides is 2. The van der Waals surface area contributed by atoms with E-state index in [4.69, 9.17) is 11.6 Å². The summed E-state index contributed by atoms with van der Waals surface area (Å²) >= 11 is 5.96. The Bertz CT molecular complexity index is 1160. The predicted octanol–water partition coefficient (Wildman–Crippen LogP) is 2.33. The van der Waals surface area contributed by atoms with Gasteiger partial charge in [-0.3, -0.25) is 14.4 Å². The van der Waals surface area contributed by atoms with Crippen molar-refractivity contribution in [3.63, 3.8) is 0 Å². The van der Waals surface area contributed by atoms with Gasteiger partial charge in [0, 0.05) is 44.7 Å². The Morgan fingerprint density at radius 1 is 1.00 bits per heavy atom. The average Bonchev–Trinajstić information content (AvgIpc) is 2.78. The second-order valence-electron chi connectivity index (χ2n) is 7.53. The van der Waals surface area contributed by atoms with E-state index in [-0.39, 0.29) is 59.1 Å². The van der Waals surface area contributed by atoms with E-state index in [0.29, 0.717) is 18.7 Å². The van der Waals surface area contributed by atoms with Crippen LogP contribution in [0.3, 0.4) is 0 Å². The number of nitrogens with zero attached hydrogens (tertiary/aromatic N) is 2. The molecule has 0 spiro atoms. The smallest absolute Gasteiger partial charge is 0.255 e. The third kappa shape index (κ3) is 6.16. The van der Waals surface area contributed by atoms with E-state index in [9.17, 15) is 27.2 Å². The molecule has 176 valence electrons. The summed E-state index contributed by atoms with van der Waals surface area (Å²) in [5, 5.41) is 0.0294. The number of rotatable bonds is 7. The molecule has 0 aromatic heterocycles. The van der Waals surface area contributed by atoms with Crippen LogP contribution in [0.5, 0.6) is 0 Å². The zero-order valence-electron chi connectivity index (χ0n) is 17.9. The number of sulfonamides is 1. The zero-order chi connectivity index (χ0) is 24.2. The molecule has 0 saturated carbocycles. The SMILES string of the molecule is CC(=O)c1ccc(S(=O)(=O)NCCC(=O)N2CCN(C(=O)c3ccc(F)cc3Cl)CC2)cc1. The van der Waals surface area contributed by atoms with Crippen molar-refractivity contribution >= 4 is 39.2 Å². The van der Waals surface area contributed by atoms with E-state index in [0.717, 1.165) is 12.1 Å². The lowest BCUT2D eigenvalue weighted by Crippen LogP contribution is -2.51. The van der Waals surface area contributed by atoms with Crippen molar-refractivity contribution in [2.75, 3.05) is 32.7 Å². The minimum absolute atomic E-state index is 0.00605. The van der Waals surface area contributed by atoms with E-state index < -0.39 is 15.8 Å². The topological polar surface area (TPSA) is 104 Å². The van der Waals surface area contributed by atoms with E-state index in [1.54, 1.807) is 4.90 Å². The molecule has 1 aliphatic rings. The van der Waals surface area contributed by atoms with Gasteiger partial charge in [0.25, 0.3) is 5.91 Å². The molecule has 33 heavy (non-hydrogen) atoms. The first kappa shape index (κ1) is 24.8. The number of hydrogen-bond acceptors (Lipinski definition) is 5. The molecule has 0 unspecified atom stereocenters. The second-order valence-corrected chi connectivity index (χ2v) is 9.70. The van der Waals surface area contributed by atoms with Crippen LogP contribution in [-0.4, -0.2) is 68.5 Å². The van der Waals surface area contributed by atoms with Crippen molar-refractivity contribution < 1.29 is 27.2 Å². The Morgan fingerprint density at radius 3 is 2.18 bits per heavy atom. The van der Waals surface area contributed by atoms with Gasteiger partial charge in [-0.15, -0.1) is 0 Å². The average molecular weight is 496 g/mol. The van der Waals surface area contributed by atoms with E-state index in [1.165, 1.54) is 42.2 Å². The van der Waals surface area contributed by atoms with E-state index in [2.05, 4.69) is 4.72 Å². The van der Waals surface area contributed by atoms with E-state index in [1.807, 2.05) is 0 Å². The molecule has 2 amide bonds. The highest BCUT2D eigenvalue weighted by atomic mass is 35.5. The van der Waals surface area contributed by atoms with Crippen LogP contribution in [0.4, 0.5) is 4.39 Å². The molecule has 1 fully saturated rings. The van der Waals surface area contributed by atoms with Crippen LogP contribution in [0.2, 0.25) is 5.02 Å². The highest BCUT2D eigenvalue weighted by Crippen LogP contribution is 2.20. The second kappa shape index (κ2) is 10.4. The minimum Gasteiger partial charge on any atom is -0.339 e. The van der Waals surface area contributed by atoms with Crippen LogP contribution >= 0.6 is 11.6 Å². The largest absolute Gasteiger partial charge is 0.339 e. The minimum atomic E-state index is -3.81. The van der Waals surface area contributed by atoms with Gasteiger partial charge >= 0.3 is 0 Å². The van der Waals surface area contributed by atoms with Crippen LogP contribution in [-0.2, 0) is 14.8 Å². The van der Waals surface area contributed by atoms with Crippen molar-refractivity contribution in [3.05, 3.63) is 64.4 Å². The quantitative estimate of drug-likeness (QED) is 0.594. The molecule has 0 radical (unpaired) electrons. The van der Waals surface area contributed by atoms with Crippen LogP contribution < -0.4 is 4.72 Å². The predicted molar refractivity (Wildman–Crippen MR) is 120 cm³/mol. The molecule has 1 aliphatic heterocycles. The number of nitrogens with one attached hydrogen (secondary N) is 1. The highest BCUT2D eigenvalue weighted by Gasteiger charge is 2.26. The van der Waals surface area contributed by atoms with Gasteiger partial charge in [0.15, 0.2) is 5.78 Å². The molecule has 2 aromatic rings. The van der Waals surface area contributed by atoms with Crippen molar-refractivity contribution in [3.8, 4) is 0 Å². The summed E-state index contributed by atoms with van der Waals surface area (Å²) in [4.78, 5) is 39.5. The van der Waals surface area contributed by atoms with Crippen LogP contribution in [0, 0.1) is 5.82 Å². The standard InChI is InChI=1S/C22H23ClFN3O5S/c1-15(28)16-2-5-18(6-3-16)33(31,32)25-9-8-21(29)26-10-12-27(13-11-26)22(30)19-7-4-17(24)14-20(19)23/h2-7,14,25H,8-13H2,1H3. The number of carbonyl (C=O) groups excluding carboxylic acids is 3. The number of piperazine rings is 1. The summed E-state index contributed by atoms with van der Waals surface area (Å²) in [5.41, 5.74) is 0.604. The Balaban J connectivity index is 1.48. The van der Waals surface area contributed by atoms with Gasteiger partial charge in [-0.2, -0.15) is 0 Å². The number of benzene rings is 2. The van der Waals surface area contributed by atoms with Crippen LogP contribution in [0.1, 0.15) is 34.1 Å². The molecular formula is C22H23ClFN3O5S. The molecule has 3 rings (SSSR count). The number of halogens is 2. The first-order valence-corrected chi connectivity index (χ1v) is 12.1. The van der Waals surface area contributed by atoms with Crippen LogP contribution in [0.25, 0.3) is 0 Å². The lowest BCUT2D eigenvalue weighted by Gasteiger charge is -2.35. The third-order valence-electron chi connectivity index (χ3n) is 5.28. The van der Waals surface area contributed by atoms with Gasteiger partial charge in [0.05, 0.1) is 15.5 Å². The Morgan fingerprint density at radius 2 is 1.61 bits per heavy atom. The third-order valence-corrected chi connectivity index (χ3v) is 7.07. The molecule has 8 nitrogen and oxygen atoms in total. The fraction of sp³-hybridized carbons (Fsp3) is 0.318. The maximum absolute atomic E-state index is 13.2. The van der Waals surface area contributed by atoms with Crippen molar-refractivity contribution in [2.45, 2.75) is 18.2 Å². The Labute approximate surface area is 196 Å². The lowest BCUT2D eigenvalue weighted by molar-refractivity contribution is -0.132. The van der Waals surface area contributed by atoms with Gasteiger partial charge in [-0.1, -0.05) is 23.7 Å². The molecule has 0 aliphatic carbocycles. The molecule has 2 aromatic carbocycles. The van der Waals surface area contributed by atoms with Gasteiger partial charge < -0.3 is 9.80 Å². The van der Waals surface area contributed by atoms with Crippen molar-refractivity contribution in [1.82, 2.24) is 14.5 Å². The molecule has 0 bridgehead atoms. The van der Waals surface area contributed by atoms with E-state index >= 15 is 0 Å². The lowest BCUT2D eigenvalue weighted by atomic mass is 10.1. The Hall–Kier alpha value is -2.82. The van der Waals surface area contributed by atoms with Gasteiger partial charge in [-0.25, -0.2) is 17.5 Å². The number of Topliss-reactive ketones (excluding diaryl/α,β-unsaturated/α-hetero) is 1. The summed E-state index contributed by atoms with van der Waals surface area (Å²) in [6.07, 6.45) is -0.0392. The normalized spacial score (nSPS) is 14.3. The maximum atomic E-state index is 13.2. The van der Waals surface area contributed by atoms with Gasteiger partial charge in [0.2, 0.25) is 15.9 Å².